The molecule has 0 unspecified atom stereocenters. The monoisotopic (exact) mass is 256 g/mol. The predicted octanol–water partition coefficient (Wildman–Crippen LogP) is 2.98. The molecule has 4 nitrogen and oxygen atoms in total. The molecule has 0 aliphatic rings. The van der Waals surface area contributed by atoms with Crippen LogP contribution >= 0.6 is 0 Å². The summed E-state index contributed by atoms with van der Waals surface area (Å²) in [7, 11) is 0. The van der Waals surface area contributed by atoms with Crippen molar-refractivity contribution in [3.8, 4) is 11.5 Å². The molecule has 2 rings (SSSR count). The summed E-state index contributed by atoms with van der Waals surface area (Å²) in [5.41, 5.74) is 4.15. The standard InChI is InChI=1S/C15H16N2O2/c1-9-10(2)17-15(11(3)16-9)5-4-12-6-13(18)8-14(19)7-12/h4-8,18-19H,1-3H3/b5-4+. The Morgan fingerprint density at radius 1 is 0.789 bits per heavy atom. The van der Waals surface area contributed by atoms with Gasteiger partial charge < -0.3 is 10.2 Å². The highest BCUT2D eigenvalue weighted by Gasteiger charge is 2.02. The Bertz CT molecular complexity index is 629. The molecule has 0 aliphatic heterocycles. The lowest BCUT2D eigenvalue weighted by Crippen LogP contribution is -1.98. The first-order chi connectivity index (χ1) is 8.95. The number of rotatable bonds is 2. The Kier molecular flexibility index (Phi) is 3.51. The zero-order chi connectivity index (χ0) is 14.0. The maximum Gasteiger partial charge on any atom is 0.119 e. The molecule has 2 N–H and O–H groups in total. The number of hydrogen-bond acceptors (Lipinski definition) is 4. The van der Waals surface area contributed by atoms with E-state index < -0.39 is 0 Å². The van der Waals surface area contributed by atoms with Crippen molar-refractivity contribution >= 4 is 12.2 Å². The second kappa shape index (κ2) is 5.10. The van der Waals surface area contributed by atoms with E-state index in [1.807, 2.05) is 26.8 Å². The molecule has 98 valence electrons. The summed E-state index contributed by atoms with van der Waals surface area (Å²) in [6.45, 7) is 5.74. The van der Waals surface area contributed by atoms with Crippen molar-refractivity contribution in [1.82, 2.24) is 9.97 Å². The average molecular weight is 256 g/mol. The number of aromatic hydroxyl groups is 2. The molecule has 1 heterocycles. The van der Waals surface area contributed by atoms with Gasteiger partial charge in [-0.05, 0) is 44.5 Å². The van der Waals surface area contributed by atoms with Gasteiger partial charge in [0, 0.05) is 6.07 Å². The molecular weight excluding hydrogens is 240 g/mol. The van der Waals surface area contributed by atoms with Crippen LogP contribution in [0.15, 0.2) is 18.2 Å². The van der Waals surface area contributed by atoms with Gasteiger partial charge >= 0.3 is 0 Å². The summed E-state index contributed by atoms with van der Waals surface area (Å²) in [5.74, 6) is 0.0603. The minimum absolute atomic E-state index is 0.0301. The third kappa shape index (κ3) is 3.10. The van der Waals surface area contributed by atoms with Crippen molar-refractivity contribution in [2.24, 2.45) is 0 Å². The Labute approximate surface area is 112 Å². The van der Waals surface area contributed by atoms with Crippen LogP contribution in [0.3, 0.4) is 0 Å². The molecule has 0 fully saturated rings. The molecule has 0 spiro atoms. The minimum atomic E-state index is 0.0301. The van der Waals surface area contributed by atoms with Crippen LogP contribution in [0.25, 0.3) is 12.2 Å². The van der Waals surface area contributed by atoms with E-state index in [-0.39, 0.29) is 11.5 Å². The summed E-state index contributed by atoms with van der Waals surface area (Å²) in [6, 6.07) is 4.43. The summed E-state index contributed by atoms with van der Waals surface area (Å²) in [5, 5.41) is 18.8. The first-order valence-corrected chi connectivity index (χ1v) is 5.98. The number of benzene rings is 1. The second-order valence-corrected chi connectivity index (χ2v) is 4.48. The molecule has 19 heavy (non-hydrogen) atoms. The fraction of sp³-hybridized carbons (Fsp3) is 0.200. The lowest BCUT2D eigenvalue weighted by molar-refractivity contribution is 0.450. The molecule has 1 aromatic carbocycles. The SMILES string of the molecule is Cc1nc(C)c(/C=C/c2cc(O)cc(O)c2)nc1C. The van der Waals surface area contributed by atoms with Gasteiger partial charge in [0.05, 0.1) is 22.8 Å². The highest BCUT2D eigenvalue weighted by atomic mass is 16.3. The molecule has 0 saturated carbocycles. The number of aryl methyl sites for hydroxylation is 3. The lowest BCUT2D eigenvalue weighted by atomic mass is 10.1. The van der Waals surface area contributed by atoms with Crippen molar-refractivity contribution in [3.05, 3.63) is 46.5 Å². The number of phenolic OH excluding ortho intramolecular Hbond substituents is 2. The van der Waals surface area contributed by atoms with Gasteiger partial charge in [0.15, 0.2) is 0 Å². The van der Waals surface area contributed by atoms with Gasteiger partial charge in [-0.25, -0.2) is 4.98 Å². The highest BCUT2D eigenvalue weighted by molar-refractivity contribution is 5.70. The van der Waals surface area contributed by atoms with Crippen LogP contribution < -0.4 is 0 Å². The molecule has 0 aliphatic carbocycles. The van der Waals surface area contributed by atoms with E-state index in [0.717, 1.165) is 22.8 Å². The number of aromatic nitrogens is 2. The molecule has 0 atom stereocenters. The van der Waals surface area contributed by atoms with Crippen LogP contribution in [0.4, 0.5) is 0 Å². The van der Waals surface area contributed by atoms with E-state index in [9.17, 15) is 10.2 Å². The normalized spacial score (nSPS) is 11.1. The van der Waals surface area contributed by atoms with Crippen LogP contribution in [0, 0.1) is 20.8 Å². The zero-order valence-electron chi connectivity index (χ0n) is 11.2. The molecule has 2 aromatic rings. The van der Waals surface area contributed by atoms with Crippen LogP contribution in [0.5, 0.6) is 11.5 Å². The summed E-state index contributed by atoms with van der Waals surface area (Å²) in [4.78, 5) is 8.87. The number of nitrogens with zero attached hydrogens (tertiary/aromatic N) is 2. The largest absolute Gasteiger partial charge is 0.508 e. The minimum Gasteiger partial charge on any atom is -0.508 e. The number of phenols is 2. The Balaban J connectivity index is 2.35. The van der Waals surface area contributed by atoms with Crippen molar-refractivity contribution < 1.29 is 10.2 Å². The van der Waals surface area contributed by atoms with Gasteiger partial charge in [0.25, 0.3) is 0 Å². The Morgan fingerprint density at radius 3 is 2.00 bits per heavy atom. The van der Waals surface area contributed by atoms with Crippen molar-refractivity contribution in [2.75, 3.05) is 0 Å². The molecular formula is C15H16N2O2. The topological polar surface area (TPSA) is 66.2 Å². The third-order valence-corrected chi connectivity index (χ3v) is 2.88. The fourth-order valence-electron chi connectivity index (χ4n) is 1.78. The molecule has 0 amide bonds. The van der Waals surface area contributed by atoms with Crippen molar-refractivity contribution in [1.29, 1.82) is 0 Å². The van der Waals surface area contributed by atoms with Crippen molar-refractivity contribution in [2.45, 2.75) is 20.8 Å². The second-order valence-electron chi connectivity index (χ2n) is 4.48. The first-order valence-electron chi connectivity index (χ1n) is 5.98. The zero-order valence-corrected chi connectivity index (χ0v) is 11.2. The quantitative estimate of drug-likeness (QED) is 0.866. The van der Waals surface area contributed by atoms with E-state index in [0.29, 0.717) is 5.56 Å². The molecule has 0 saturated heterocycles. The molecule has 1 aromatic heterocycles. The van der Waals surface area contributed by atoms with Gasteiger partial charge in [-0.1, -0.05) is 6.08 Å². The fourth-order valence-corrected chi connectivity index (χ4v) is 1.78. The summed E-state index contributed by atoms with van der Waals surface area (Å²) >= 11 is 0. The Hall–Kier alpha value is -2.36. The summed E-state index contributed by atoms with van der Waals surface area (Å²) < 4.78 is 0. The maximum absolute atomic E-state index is 9.40. The van der Waals surface area contributed by atoms with Crippen molar-refractivity contribution in [3.63, 3.8) is 0 Å². The number of hydrogen-bond donors (Lipinski definition) is 2. The van der Waals surface area contributed by atoms with Crippen LogP contribution in [-0.4, -0.2) is 20.2 Å². The van der Waals surface area contributed by atoms with E-state index in [1.54, 1.807) is 18.2 Å². The first kappa shape index (κ1) is 13.1. The maximum atomic E-state index is 9.40. The highest BCUT2D eigenvalue weighted by Crippen LogP contribution is 2.22. The van der Waals surface area contributed by atoms with Crippen LogP contribution in [0.2, 0.25) is 0 Å². The smallest absolute Gasteiger partial charge is 0.119 e. The van der Waals surface area contributed by atoms with E-state index in [1.165, 1.54) is 6.07 Å². The van der Waals surface area contributed by atoms with Gasteiger partial charge in [-0.15, -0.1) is 0 Å². The van der Waals surface area contributed by atoms with E-state index >= 15 is 0 Å². The molecule has 4 heteroatoms. The molecule has 0 bridgehead atoms. The van der Waals surface area contributed by atoms with Gasteiger partial charge in [-0.2, -0.15) is 0 Å². The third-order valence-electron chi connectivity index (χ3n) is 2.88. The summed E-state index contributed by atoms with van der Waals surface area (Å²) in [6.07, 6.45) is 3.61. The Morgan fingerprint density at radius 2 is 1.37 bits per heavy atom. The van der Waals surface area contributed by atoms with E-state index in [4.69, 9.17) is 0 Å². The van der Waals surface area contributed by atoms with E-state index in [2.05, 4.69) is 9.97 Å². The van der Waals surface area contributed by atoms with Gasteiger partial charge in [0.1, 0.15) is 11.5 Å². The lowest BCUT2D eigenvalue weighted by Gasteiger charge is -2.04. The van der Waals surface area contributed by atoms with Gasteiger partial charge in [0.2, 0.25) is 0 Å². The molecule has 0 radical (unpaired) electrons. The predicted molar refractivity (Wildman–Crippen MR) is 74.9 cm³/mol. The van der Waals surface area contributed by atoms with Gasteiger partial charge in [-0.3, -0.25) is 4.98 Å². The van der Waals surface area contributed by atoms with Crippen LogP contribution in [-0.2, 0) is 0 Å². The average Bonchev–Trinajstić information content (AvgIpc) is 2.31. The van der Waals surface area contributed by atoms with Crippen LogP contribution in [0.1, 0.15) is 28.3 Å².